The molecule has 1 saturated heterocycles. The van der Waals surface area contributed by atoms with Crippen LogP contribution < -0.4 is 16.0 Å². The highest BCUT2D eigenvalue weighted by atomic mass is 16.2. The lowest BCUT2D eigenvalue weighted by molar-refractivity contribution is -0.122. The molecule has 3 unspecified atom stereocenters. The first-order chi connectivity index (χ1) is 14.5. The van der Waals surface area contributed by atoms with Crippen LogP contribution in [0.3, 0.4) is 0 Å². The second kappa shape index (κ2) is 11.7. The molecule has 6 heteroatoms. The van der Waals surface area contributed by atoms with Gasteiger partial charge in [-0.1, -0.05) is 19.8 Å². The fourth-order valence-corrected chi connectivity index (χ4v) is 5.49. The second-order valence-corrected chi connectivity index (χ2v) is 9.96. The number of carbonyl (C=O) groups excluding carboxylic acids is 3. The van der Waals surface area contributed by atoms with Gasteiger partial charge in [0.1, 0.15) is 5.78 Å². The average Bonchev–Trinajstić information content (AvgIpc) is 3.26. The van der Waals surface area contributed by atoms with Gasteiger partial charge in [-0.25, -0.2) is 4.79 Å². The zero-order chi connectivity index (χ0) is 21.3. The summed E-state index contributed by atoms with van der Waals surface area (Å²) in [4.78, 5) is 35.6. The van der Waals surface area contributed by atoms with E-state index in [1.54, 1.807) is 0 Å². The third-order valence-electron chi connectivity index (χ3n) is 7.43. The summed E-state index contributed by atoms with van der Waals surface area (Å²) in [5.41, 5.74) is 0. The van der Waals surface area contributed by atoms with E-state index in [1.165, 1.54) is 19.3 Å². The van der Waals surface area contributed by atoms with Crippen LogP contribution in [0.5, 0.6) is 0 Å². The molecule has 3 amide bonds. The summed E-state index contributed by atoms with van der Waals surface area (Å²) in [5, 5.41) is 9.21. The van der Waals surface area contributed by atoms with Crippen molar-refractivity contribution in [2.45, 2.75) is 121 Å². The smallest absolute Gasteiger partial charge is 0.315 e. The first kappa shape index (κ1) is 23.1. The van der Waals surface area contributed by atoms with E-state index in [4.69, 9.17) is 0 Å². The Morgan fingerprint density at radius 3 is 2.33 bits per heavy atom. The molecule has 3 aliphatic rings. The Morgan fingerprint density at radius 1 is 0.867 bits per heavy atom. The second-order valence-electron chi connectivity index (χ2n) is 9.96. The van der Waals surface area contributed by atoms with Gasteiger partial charge in [0.2, 0.25) is 5.91 Å². The van der Waals surface area contributed by atoms with Gasteiger partial charge in [0.05, 0.1) is 12.1 Å². The molecule has 2 aliphatic carbocycles. The number of unbranched alkanes of at least 4 members (excludes halogenated alkanes) is 3. The lowest BCUT2D eigenvalue weighted by Crippen LogP contribution is -2.37. The van der Waals surface area contributed by atoms with Gasteiger partial charge in [0, 0.05) is 25.3 Å². The summed E-state index contributed by atoms with van der Waals surface area (Å²) in [6.07, 6.45) is 14.7. The van der Waals surface area contributed by atoms with Crippen molar-refractivity contribution >= 4 is 17.7 Å². The van der Waals surface area contributed by atoms with Crippen molar-refractivity contribution in [1.29, 1.82) is 0 Å². The molecule has 0 aromatic carbocycles. The Balaban J connectivity index is 1.14. The first-order valence-electron chi connectivity index (χ1n) is 12.4. The molecule has 1 aliphatic heterocycles. The molecule has 3 rings (SSSR count). The van der Waals surface area contributed by atoms with Crippen molar-refractivity contribution < 1.29 is 14.4 Å². The molecule has 0 bridgehead atoms. The van der Waals surface area contributed by atoms with Crippen molar-refractivity contribution in [1.82, 2.24) is 16.0 Å². The highest BCUT2D eigenvalue weighted by Gasteiger charge is 2.41. The highest BCUT2D eigenvalue weighted by Crippen LogP contribution is 2.32. The van der Waals surface area contributed by atoms with E-state index >= 15 is 0 Å². The van der Waals surface area contributed by atoms with E-state index in [-0.39, 0.29) is 11.9 Å². The molecule has 30 heavy (non-hydrogen) atoms. The number of hydrogen-bond acceptors (Lipinski definition) is 3. The number of urea groups is 1. The van der Waals surface area contributed by atoms with Gasteiger partial charge in [-0.05, 0) is 76.0 Å². The first-order valence-corrected chi connectivity index (χ1v) is 12.4. The van der Waals surface area contributed by atoms with E-state index < -0.39 is 0 Å². The molecule has 0 radical (unpaired) electrons. The van der Waals surface area contributed by atoms with Crippen LogP contribution in [0.1, 0.15) is 103 Å². The van der Waals surface area contributed by atoms with Gasteiger partial charge in [-0.2, -0.15) is 0 Å². The van der Waals surface area contributed by atoms with Gasteiger partial charge < -0.3 is 16.0 Å². The Hall–Kier alpha value is -1.59. The normalized spacial score (nSPS) is 30.4. The molecule has 0 aromatic rings. The van der Waals surface area contributed by atoms with E-state index in [0.717, 1.165) is 63.7 Å². The number of hydrogen-bond donors (Lipinski definition) is 3. The lowest BCUT2D eigenvalue weighted by Gasteiger charge is -2.26. The predicted octanol–water partition coefficient (Wildman–Crippen LogP) is 4.22. The largest absolute Gasteiger partial charge is 0.353 e. The Labute approximate surface area is 181 Å². The SMILES string of the molecule is CC1CCC(NC(=O)CCCCCC(=O)CCCCC2CCC3NC(=O)NC23)CC1. The fourth-order valence-electron chi connectivity index (χ4n) is 5.49. The van der Waals surface area contributed by atoms with Crippen LogP contribution in [0.2, 0.25) is 0 Å². The number of fused-ring (bicyclic) bond motifs is 1. The van der Waals surface area contributed by atoms with Crippen molar-refractivity contribution in [2.75, 3.05) is 0 Å². The van der Waals surface area contributed by atoms with E-state index in [1.807, 2.05) is 0 Å². The molecule has 3 atom stereocenters. The molecular formula is C24H41N3O3. The van der Waals surface area contributed by atoms with Gasteiger partial charge in [0.25, 0.3) is 0 Å². The minimum Gasteiger partial charge on any atom is -0.353 e. The average molecular weight is 420 g/mol. The van der Waals surface area contributed by atoms with Crippen LogP contribution in [0.25, 0.3) is 0 Å². The molecular weight excluding hydrogens is 378 g/mol. The van der Waals surface area contributed by atoms with Crippen LogP contribution in [0.15, 0.2) is 0 Å². The molecule has 0 aromatic heterocycles. The van der Waals surface area contributed by atoms with Crippen molar-refractivity contribution in [2.24, 2.45) is 11.8 Å². The van der Waals surface area contributed by atoms with Crippen LogP contribution >= 0.6 is 0 Å². The fraction of sp³-hybridized carbons (Fsp3) is 0.875. The molecule has 3 fully saturated rings. The van der Waals surface area contributed by atoms with Crippen LogP contribution in [0.4, 0.5) is 4.79 Å². The topological polar surface area (TPSA) is 87.3 Å². The Bertz CT molecular complexity index is 586. The summed E-state index contributed by atoms with van der Waals surface area (Å²) >= 11 is 0. The van der Waals surface area contributed by atoms with Gasteiger partial charge in [-0.3, -0.25) is 9.59 Å². The maximum absolute atomic E-state index is 12.1. The lowest BCUT2D eigenvalue weighted by atomic mass is 9.87. The third-order valence-corrected chi connectivity index (χ3v) is 7.43. The number of Topliss-reactive ketones (excluding diaryl/α,β-unsaturated/α-hetero) is 1. The molecule has 1 heterocycles. The third kappa shape index (κ3) is 7.28. The Kier molecular flexibility index (Phi) is 9.01. The monoisotopic (exact) mass is 419 g/mol. The molecule has 170 valence electrons. The Morgan fingerprint density at radius 2 is 1.57 bits per heavy atom. The zero-order valence-corrected chi connectivity index (χ0v) is 18.7. The number of rotatable bonds is 12. The maximum Gasteiger partial charge on any atom is 0.315 e. The molecule has 2 saturated carbocycles. The molecule has 6 nitrogen and oxygen atoms in total. The standard InChI is InChI=1S/C24H41N3O3/c1-17-11-14-19(15-12-17)25-22(29)10-4-2-3-8-20(28)9-6-5-7-18-13-16-21-23(18)27-24(30)26-21/h17-19,21,23H,2-16H2,1H3,(H,25,29)(H2,26,27,30). The van der Waals surface area contributed by atoms with Crippen molar-refractivity contribution in [3.05, 3.63) is 0 Å². The predicted molar refractivity (Wildman–Crippen MR) is 118 cm³/mol. The number of amides is 3. The van der Waals surface area contributed by atoms with E-state index in [0.29, 0.717) is 49.1 Å². The van der Waals surface area contributed by atoms with Crippen LogP contribution in [-0.4, -0.2) is 35.8 Å². The summed E-state index contributed by atoms with van der Waals surface area (Å²) in [5.74, 6) is 1.91. The van der Waals surface area contributed by atoms with Gasteiger partial charge in [0.15, 0.2) is 0 Å². The van der Waals surface area contributed by atoms with Crippen LogP contribution in [-0.2, 0) is 9.59 Å². The highest BCUT2D eigenvalue weighted by molar-refractivity contribution is 5.78. The van der Waals surface area contributed by atoms with Gasteiger partial charge in [-0.15, -0.1) is 0 Å². The summed E-state index contributed by atoms with van der Waals surface area (Å²) in [7, 11) is 0. The molecule has 0 spiro atoms. The zero-order valence-electron chi connectivity index (χ0n) is 18.7. The van der Waals surface area contributed by atoms with Gasteiger partial charge >= 0.3 is 6.03 Å². The van der Waals surface area contributed by atoms with E-state index in [9.17, 15) is 14.4 Å². The quantitative estimate of drug-likeness (QED) is 0.414. The van der Waals surface area contributed by atoms with E-state index in [2.05, 4.69) is 22.9 Å². The number of ketones is 1. The maximum atomic E-state index is 12.1. The summed E-state index contributed by atoms with van der Waals surface area (Å²) in [6.45, 7) is 2.29. The minimum absolute atomic E-state index is 0.0222. The summed E-state index contributed by atoms with van der Waals surface area (Å²) in [6, 6.07) is 0.974. The summed E-state index contributed by atoms with van der Waals surface area (Å²) < 4.78 is 0. The van der Waals surface area contributed by atoms with Crippen LogP contribution in [0, 0.1) is 11.8 Å². The minimum atomic E-state index is -0.0222. The van der Waals surface area contributed by atoms with Crippen molar-refractivity contribution in [3.8, 4) is 0 Å². The molecule has 3 N–H and O–H groups in total. The number of nitrogens with one attached hydrogen (secondary N) is 3. The van der Waals surface area contributed by atoms with Crippen molar-refractivity contribution in [3.63, 3.8) is 0 Å². The number of carbonyl (C=O) groups is 3.